The molecule has 0 atom stereocenters. The Hall–Kier alpha value is -0.870. The second-order valence-electron chi connectivity index (χ2n) is 5.26. The molecule has 0 N–H and O–H groups in total. The van der Waals surface area contributed by atoms with Crippen molar-refractivity contribution in [3.8, 4) is 0 Å². The third kappa shape index (κ3) is 3.83. The Bertz CT molecular complexity index is 516. The van der Waals surface area contributed by atoms with Crippen LogP contribution < -0.4 is 0 Å². The van der Waals surface area contributed by atoms with Crippen molar-refractivity contribution in [3.63, 3.8) is 0 Å². The fourth-order valence-electron chi connectivity index (χ4n) is 2.58. The molecule has 0 amide bonds. The van der Waals surface area contributed by atoms with Crippen molar-refractivity contribution in [2.24, 2.45) is 0 Å². The van der Waals surface area contributed by atoms with Gasteiger partial charge in [0.2, 0.25) is 0 Å². The maximum atomic E-state index is 5.92. The summed E-state index contributed by atoms with van der Waals surface area (Å²) in [5, 5.41) is 2.97. The van der Waals surface area contributed by atoms with Gasteiger partial charge in [-0.15, -0.1) is 11.3 Å². The van der Waals surface area contributed by atoms with Gasteiger partial charge < -0.3 is 0 Å². The minimum atomic E-state index is 0.814. The Morgan fingerprint density at radius 1 is 0.900 bits per heavy atom. The van der Waals surface area contributed by atoms with Gasteiger partial charge in [0.1, 0.15) is 0 Å². The van der Waals surface area contributed by atoms with E-state index < -0.39 is 0 Å². The lowest BCUT2D eigenvalue weighted by Gasteiger charge is -2.34. The van der Waals surface area contributed by atoms with Gasteiger partial charge in [-0.25, -0.2) is 0 Å². The van der Waals surface area contributed by atoms with Crippen LogP contribution in [0.15, 0.2) is 41.8 Å². The number of halogens is 1. The van der Waals surface area contributed by atoms with Gasteiger partial charge in [0.15, 0.2) is 0 Å². The van der Waals surface area contributed by atoms with Crippen LogP contribution in [0.5, 0.6) is 0 Å². The topological polar surface area (TPSA) is 6.48 Å². The highest BCUT2D eigenvalue weighted by Crippen LogP contribution is 2.15. The first-order valence-electron chi connectivity index (χ1n) is 7.01. The molecular formula is C16H19ClN2S. The minimum absolute atomic E-state index is 0.814. The molecule has 20 heavy (non-hydrogen) atoms. The third-order valence-corrected chi connectivity index (χ3v) is 4.86. The Morgan fingerprint density at radius 3 is 2.15 bits per heavy atom. The zero-order valence-corrected chi connectivity index (χ0v) is 13.0. The highest BCUT2D eigenvalue weighted by Gasteiger charge is 2.17. The lowest BCUT2D eigenvalue weighted by molar-refractivity contribution is 0.123. The van der Waals surface area contributed by atoms with E-state index in [-0.39, 0.29) is 0 Å². The average Bonchev–Trinajstić information content (AvgIpc) is 2.96. The lowest BCUT2D eigenvalue weighted by atomic mass is 10.2. The van der Waals surface area contributed by atoms with Crippen LogP contribution in [0.4, 0.5) is 0 Å². The lowest BCUT2D eigenvalue weighted by Crippen LogP contribution is -2.45. The SMILES string of the molecule is Clc1ccc(CN2CCN(Cc3cccs3)CC2)cc1. The summed E-state index contributed by atoms with van der Waals surface area (Å²) in [7, 11) is 0. The molecule has 1 aromatic carbocycles. The van der Waals surface area contributed by atoms with Crippen LogP contribution in [0.3, 0.4) is 0 Å². The molecule has 1 aliphatic heterocycles. The molecule has 4 heteroatoms. The van der Waals surface area contributed by atoms with Crippen molar-refractivity contribution in [1.82, 2.24) is 9.80 Å². The molecule has 1 saturated heterocycles. The van der Waals surface area contributed by atoms with E-state index >= 15 is 0 Å². The van der Waals surface area contributed by atoms with Crippen molar-refractivity contribution in [2.75, 3.05) is 26.2 Å². The van der Waals surface area contributed by atoms with Gasteiger partial charge in [-0.1, -0.05) is 29.8 Å². The smallest absolute Gasteiger partial charge is 0.0406 e. The van der Waals surface area contributed by atoms with Crippen molar-refractivity contribution >= 4 is 22.9 Å². The first-order chi connectivity index (χ1) is 9.79. The first kappa shape index (κ1) is 14.1. The fraction of sp³-hybridized carbons (Fsp3) is 0.375. The van der Waals surface area contributed by atoms with E-state index in [4.69, 9.17) is 11.6 Å². The normalized spacial score (nSPS) is 17.4. The first-order valence-corrected chi connectivity index (χ1v) is 8.27. The monoisotopic (exact) mass is 306 g/mol. The number of piperazine rings is 1. The zero-order chi connectivity index (χ0) is 13.8. The molecule has 1 fully saturated rings. The van der Waals surface area contributed by atoms with Crippen LogP contribution in [0.25, 0.3) is 0 Å². The third-order valence-electron chi connectivity index (χ3n) is 3.74. The van der Waals surface area contributed by atoms with Crippen LogP contribution in [0.2, 0.25) is 5.02 Å². The molecule has 0 saturated carbocycles. The number of hydrogen-bond donors (Lipinski definition) is 0. The molecule has 106 valence electrons. The molecule has 1 aromatic heterocycles. The number of hydrogen-bond acceptors (Lipinski definition) is 3. The van der Waals surface area contributed by atoms with Crippen LogP contribution >= 0.6 is 22.9 Å². The summed E-state index contributed by atoms with van der Waals surface area (Å²) in [6.45, 7) is 6.75. The number of nitrogens with zero attached hydrogens (tertiary/aromatic N) is 2. The summed E-state index contributed by atoms with van der Waals surface area (Å²) in [6.07, 6.45) is 0. The number of thiophene rings is 1. The highest BCUT2D eigenvalue weighted by molar-refractivity contribution is 7.09. The minimum Gasteiger partial charge on any atom is -0.297 e. The van der Waals surface area contributed by atoms with E-state index in [0.717, 1.165) is 44.3 Å². The molecule has 0 unspecified atom stereocenters. The molecule has 2 aromatic rings. The molecule has 0 bridgehead atoms. The molecule has 0 spiro atoms. The van der Waals surface area contributed by atoms with Crippen LogP contribution in [0, 0.1) is 0 Å². The van der Waals surface area contributed by atoms with E-state index in [2.05, 4.69) is 39.4 Å². The fourth-order valence-corrected chi connectivity index (χ4v) is 3.45. The maximum absolute atomic E-state index is 5.92. The van der Waals surface area contributed by atoms with Crippen LogP contribution in [0.1, 0.15) is 10.4 Å². The van der Waals surface area contributed by atoms with Gasteiger partial charge in [-0.3, -0.25) is 9.80 Å². The van der Waals surface area contributed by atoms with Gasteiger partial charge in [0.05, 0.1) is 0 Å². The molecule has 0 aliphatic carbocycles. The second kappa shape index (κ2) is 6.72. The van der Waals surface area contributed by atoms with Crippen molar-refractivity contribution in [3.05, 3.63) is 57.2 Å². The van der Waals surface area contributed by atoms with Gasteiger partial charge in [0.25, 0.3) is 0 Å². The Kier molecular flexibility index (Phi) is 4.73. The van der Waals surface area contributed by atoms with E-state index in [9.17, 15) is 0 Å². The summed E-state index contributed by atoms with van der Waals surface area (Å²) in [4.78, 5) is 6.54. The van der Waals surface area contributed by atoms with Crippen molar-refractivity contribution in [1.29, 1.82) is 0 Å². The second-order valence-corrected chi connectivity index (χ2v) is 6.73. The predicted octanol–water partition coefficient (Wildman–Crippen LogP) is 3.72. The molecule has 1 aliphatic rings. The maximum Gasteiger partial charge on any atom is 0.0406 e. The quantitative estimate of drug-likeness (QED) is 0.849. The summed E-state index contributed by atoms with van der Waals surface area (Å²) >= 11 is 7.78. The average molecular weight is 307 g/mol. The van der Waals surface area contributed by atoms with Crippen molar-refractivity contribution < 1.29 is 0 Å². The predicted molar refractivity (Wildman–Crippen MR) is 86.3 cm³/mol. The zero-order valence-electron chi connectivity index (χ0n) is 11.5. The molecular weight excluding hydrogens is 288 g/mol. The Balaban J connectivity index is 1.47. The summed E-state index contributed by atoms with van der Waals surface area (Å²) in [5.74, 6) is 0. The number of rotatable bonds is 4. The standard InChI is InChI=1S/C16H19ClN2S/c17-15-5-3-14(4-6-15)12-18-7-9-19(10-8-18)13-16-2-1-11-20-16/h1-6,11H,7-10,12-13H2. The van der Waals surface area contributed by atoms with Crippen LogP contribution in [-0.4, -0.2) is 36.0 Å². The van der Waals surface area contributed by atoms with Gasteiger partial charge in [0, 0.05) is 49.2 Å². The summed E-state index contributed by atoms with van der Waals surface area (Å²) < 4.78 is 0. The molecule has 3 rings (SSSR count). The van der Waals surface area contributed by atoms with E-state index in [1.807, 2.05) is 23.5 Å². The molecule has 2 heterocycles. The van der Waals surface area contributed by atoms with Gasteiger partial charge in [-0.2, -0.15) is 0 Å². The largest absolute Gasteiger partial charge is 0.297 e. The van der Waals surface area contributed by atoms with Gasteiger partial charge in [-0.05, 0) is 29.1 Å². The van der Waals surface area contributed by atoms with E-state index in [1.165, 1.54) is 10.4 Å². The van der Waals surface area contributed by atoms with E-state index in [0.29, 0.717) is 0 Å². The van der Waals surface area contributed by atoms with E-state index in [1.54, 1.807) is 0 Å². The number of benzene rings is 1. The Labute approximate surface area is 129 Å². The Morgan fingerprint density at radius 2 is 1.55 bits per heavy atom. The molecule has 2 nitrogen and oxygen atoms in total. The highest BCUT2D eigenvalue weighted by atomic mass is 35.5. The van der Waals surface area contributed by atoms with Gasteiger partial charge >= 0.3 is 0 Å². The molecule has 0 radical (unpaired) electrons. The summed E-state index contributed by atoms with van der Waals surface area (Å²) in [5.41, 5.74) is 1.35. The van der Waals surface area contributed by atoms with Crippen molar-refractivity contribution in [2.45, 2.75) is 13.1 Å². The summed E-state index contributed by atoms with van der Waals surface area (Å²) in [6, 6.07) is 12.6. The van der Waals surface area contributed by atoms with Crippen LogP contribution in [-0.2, 0) is 13.1 Å².